The van der Waals surface area contributed by atoms with Crippen molar-refractivity contribution in [1.29, 1.82) is 0 Å². The highest BCUT2D eigenvalue weighted by atomic mass is 15.2. The van der Waals surface area contributed by atoms with Crippen molar-refractivity contribution in [3.8, 4) is 0 Å². The summed E-state index contributed by atoms with van der Waals surface area (Å²) in [5, 5.41) is 0. The van der Waals surface area contributed by atoms with Crippen molar-refractivity contribution in [1.82, 2.24) is 4.90 Å². The summed E-state index contributed by atoms with van der Waals surface area (Å²) in [6, 6.07) is 0.875. The summed E-state index contributed by atoms with van der Waals surface area (Å²) in [5.41, 5.74) is 6.64. The molecule has 1 saturated heterocycles. The number of nitrogens with zero attached hydrogens (tertiary/aromatic N) is 1. The van der Waals surface area contributed by atoms with E-state index in [4.69, 9.17) is 5.73 Å². The third-order valence-electron chi connectivity index (χ3n) is 4.65. The van der Waals surface area contributed by atoms with E-state index in [1.807, 2.05) is 0 Å². The molecule has 1 heterocycles. The lowest BCUT2D eigenvalue weighted by atomic mass is 9.77. The predicted octanol–water partition coefficient (Wildman–Crippen LogP) is 3.26. The van der Waals surface area contributed by atoms with Gasteiger partial charge in [-0.05, 0) is 57.0 Å². The standard InChI is InChI=1S/C15H32N2/c1-6-14(16)12(2)17-10-7-8-13(9-11-17)15(3,4)5/h12-14H,6-11,16H2,1-5H3. The van der Waals surface area contributed by atoms with E-state index in [1.165, 1.54) is 32.4 Å². The van der Waals surface area contributed by atoms with Gasteiger partial charge in [0.2, 0.25) is 0 Å². The minimum absolute atomic E-state index is 0.334. The Balaban J connectivity index is 2.53. The van der Waals surface area contributed by atoms with E-state index in [2.05, 4.69) is 39.5 Å². The van der Waals surface area contributed by atoms with Crippen molar-refractivity contribution in [2.24, 2.45) is 17.1 Å². The SMILES string of the molecule is CCC(N)C(C)N1CCCC(C(C)(C)C)CC1. The van der Waals surface area contributed by atoms with Gasteiger partial charge in [-0.1, -0.05) is 27.7 Å². The molecule has 1 rings (SSSR count). The van der Waals surface area contributed by atoms with E-state index in [-0.39, 0.29) is 0 Å². The maximum absolute atomic E-state index is 6.18. The molecule has 1 aliphatic heterocycles. The third-order valence-corrected chi connectivity index (χ3v) is 4.65. The van der Waals surface area contributed by atoms with E-state index in [0.29, 0.717) is 17.5 Å². The van der Waals surface area contributed by atoms with Crippen LogP contribution in [-0.2, 0) is 0 Å². The summed E-state index contributed by atoms with van der Waals surface area (Å²) in [4.78, 5) is 2.61. The summed E-state index contributed by atoms with van der Waals surface area (Å²) < 4.78 is 0. The normalized spacial score (nSPS) is 27.5. The molecule has 0 spiro atoms. The van der Waals surface area contributed by atoms with Crippen molar-refractivity contribution >= 4 is 0 Å². The molecule has 1 aliphatic rings. The second kappa shape index (κ2) is 6.19. The molecule has 3 atom stereocenters. The maximum Gasteiger partial charge on any atom is 0.0218 e. The van der Waals surface area contributed by atoms with Crippen molar-refractivity contribution in [2.75, 3.05) is 13.1 Å². The fourth-order valence-corrected chi connectivity index (χ4v) is 3.00. The highest BCUT2D eigenvalue weighted by molar-refractivity contribution is 4.83. The van der Waals surface area contributed by atoms with Gasteiger partial charge in [0, 0.05) is 12.1 Å². The Morgan fingerprint density at radius 3 is 2.41 bits per heavy atom. The van der Waals surface area contributed by atoms with Crippen LogP contribution in [-0.4, -0.2) is 30.1 Å². The average molecular weight is 240 g/mol. The van der Waals surface area contributed by atoms with Gasteiger partial charge < -0.3 is 5.73 Å². The summed E-state index contributed by atoms with van der Waals surface area (Å²) >= 11 is 0. The first-order chi connectivity index (χ1) is 7.86. The van der Waals surface area contributed by atoms with Crippen molar-refractivity contribution < 1.29 is 0 Å². The highest BCUT2D eigenvalue weighted by Gasteiger charge is 2.29. The smallest absolute Gasteiger partial charge is 0.0218 e. The van der Waals surface area contributed by atoms with Gasteiger partial charge in [-0.2, -0.15) is 0 Å². The Morgan fingerprint density at radius 1 is 1.24 bits per heavy atom. The lowest BCUT2D eigenvalue weighted by Gasteiger charge is -2.33. The Hall–Kier alpha value is -0.0800. The van der Waals surface area contributed by atoms with Gasteiger partial charge in [-0.25, -0.2) is 0 Å². The minimum atomic E-state index is 0.334. The molecule has 102 valence electrons. The molecule has 0 amide bonds. The van der Waals surface area contributed by atoms with Crippen LogP contribution in [0.15, 0.2) is 0 Å². The van der Waals surface area contributed by atoms with Gasteiger partial charge in [0.15, 0.2) is 0 Å². The van der Waals surface area contributed by atoms with Gasteiger partial charge in [-0.3, -0.25) is 4.90 Å². The highest BCUT2D eigenvalue weighted by Crippen LogP contribution is 2.34. The molecule has 3 unspecified atom stereocenters. The van der Waals surface area contributed by atoms with Crippen molar-refractivity contribution in [2.45, 2.75) is 72.4 Å². The van der Waals surface area contributed by atoms with Gasteiger partial charge in [0.1, 0.15) is 0 Å². The summed E-state index contributed by atoms with van der Waals surface area (Å²) in [5.74, 6) is 0.873. The molecular weight excluding hydrogens is 208 g/mol. The Labute approximate surface area is 108 Å². The summed E-state index contributed by atoms with van der Waals surface area (Å²) in [6.45, 7) is 14.1. The van der Waals surface area contributed by atoms with E-state index in [0.717, 1.165) is 12.3 Å². The topological polar surface area (TPSA) is 29.3 Å². The van der Waals surface area contributed by atoms with Crippen LogP contribution >= 0.6 is 0 Å². The Bertz CT molecular complexity index is 219. The molecule has 0 radical (unpaired) electrons. The molecule has 2 nitrogen and oxygen atoms in total. The van der Waals surface area contributed by atoms with Gasteiger partial charge >= 0.3 is 0 Å². The van der Waals surface area contributed by atoms with Crippen LogP contribution in [0.5, 0.6) is 0 Å². The minimum Gasteiger partial charge on any atom is -0.326 e. The molecular formula is C15H32N2. The first-order valence-electron chi connectivity index (χ1n) is 7.36. The van der Waals surface area contributed by atoms with Crippen LogP contribution in [0.2, 0.25) is 0 Å². The van der Waals surface area contributed by atoms with Crippen LogP contribution in [0.3, 0.4) is 0 Å². The van der Waals surface area contributed by atoms with Crippen molar-refractivity contribution in [3.05, 3.63) is 0 Å². The molecule has 17 heavy (non-hydrogen) atoms. The number of hydrogen-bond donors (Lipinski definition) is 1. The Kier molecular flexibility index (Phi) is 5.46. The molecule has 1 fully saturated rings. The number of hydrogen-bond acceptors (Lipinski definition) is 2. The molecule has 0 aromatic carbocycles. The molecule has 2 heteroatoms. The van der Waals surface area contributed by atoms with E-state index in [1.54, 1.807) is 0 Å². The quantitative estimate of drug-likeness (QED) is 0.820. The zero-order valence-electron chi connectivity index (χ0n) is 12.5. The van der Waals surface area contributed by atoms with Gasteiger partial charge in [-0.15, -0.1) is 0 Å². The Morgan fingerprint density at radius 2 is 1.88 bits per heavy atom. The van der Waals surface area contributed by atoms with E-state index < -0.39 is 0 Å². The van der Waals surface area contributed by atoms with Crippen LogP contribution in [0.4, 0.5) is 0 Å². The van der Waals surface area contributed by atoms with Gasteiger partial charge in [0.25, 0.3) is 0 Å². The monoisotopic (exact) mass is 240 g/mol. The zero-order chi connectivity index (χ0) is 13.1. The molecule has 0 aliphatic carbocycles. The number of rotatable bonds is 3. The third kappa shape index (κ3) is 4.26. The second-order valence-electron chi connectivity index (χ2n) is 6.84. The van der Waals surface area contributed by atoms with Crippen LogP contribution < -0.4 is 5.73 Å². The summed E-state index contributed by atoms with van der Waals surface area (Å²) in [6.07, 6.45) is 5.14. The molecule has 0 bridgehead atoms. The fraction of sp³-hybridized carbons (Fsp3) is 1.00. The number of nitrogens with two attached hydrogens (primary N) is 1. The van der Waals surface area contributed by atoms with Crippen LogP contribution in [0.1, 0.15) is 60.3 Å². The number of likely N-dealkylation sites (tertiary alicyclic amines) is 1. The van der Waals surface area contributed by atoms with E-state index >= 15 is 0 Å². The fourth-order valence-electron chi connectivity index (χ4n) is 3.00. The zero-order valence-corrected chi connectivity index (χ0v) is 12.5. The van der Waals surface area contributed by atoms with Crippen LogP contribution in [0, 0.1) is 11.3 Å². The first kappa shape index (κ1) is 15.0. The molecule has 2 N–H and O–H groups in total. The van der Waals surface area contributed by atoms with Gasteiger partial charge in [0.05, 0.1) is 0 Å². The molecule has 0 saturated carbocycles. The van der Waals surface area contributed by atoms with Crippen LogP contribution in [0.25, 0.3) is 0 Å². The lowest BCUT2D eigenvalue weighted by molar-refractivity contribution is 0.172. The molecule has 0 aromatic heterocycles. The van der Waals surface area contributed by atoms with E-state index in [9.17, 15) is 0 Å². The first-order valence-corrected chi connectivity index (χ1v) is 7.36. The molecule has 0 aromatic rings. The summed E-state index contributed by atoms with van der Waals surface area (Å²) in [7, 11) is 0. The largest absolute Gasteiger partial charge is 0.326 e. The maximum atomic E-state index is 6.18. The lowest BCUT2D eigenvalue weighted by Crippen LogP contribution is -2.46. The second-order valence-corrected chi connectivity index (χ2v) is 6.84. The predicted molar refractivity (Wildman–Crippen MR) is 76.1 cm³/mol. The average Bonchev–Trinajstić information content (AvgIpc) is 2.51. The van der Waals surface area contributed by atoms with Crippen molar-refractivity contribution in [3.63, 3.8) is 0 Å².